The van der Waals surface area contributed by atoms with Gasteiger partial charge in [-0.1, -0.05) is 0 Å². The Labute approximate surface area is 68.5 Å². The normalized spacial score (nSPS) is 11.5. The molecule has 0 unspecified atom stereocenters. The molecule has 56 valence electrons. The third kappa shape index (κ3) is 1.32. The molecule has 0 bridgehead atoms. The van der Waals surface area contributed by atoms with Gasteiger partial charge >= 0.3 is 0 Å². The molecule has 0 aliphatic rings. The van der Waals surface area contributed by atoms with E-state index in [0.717, 1.165) is 0 Å². The van der Waals surface area contributed by atoms with Crippen molar-refractivity contribution in [1.82, 2.24) is 0 Å². The van der Waals surface area contributed by atoms with Crippen LogP contribution in [0.15, 0.2) is 12.1 Å². The number of nitrogens with zero attached hydrogens (tertiary/aromatic N) is 1. The molecule has 11 heavy (non-hydrogen) atoms. The molecule has 0 aliphatic carbocycles. The Bertz CT molecular complexity index is 332. The van der Waals surface area contributed by atoms with Crippen LogP contribution in [0, 0.1) is 25.1 Å². The maximum atomic E-state index is 9.46. The van der Waals surface area contributed by atoms with Crippen LogP contribution in [0.5, 0.6) is 5.75 Å². The van der Waals surface area contributed by atoms with Crippen molar-refractivity contribution in [2.45, 2.75) is 13.8 Å². The Hall–Kier alpha value is -1.49. The van der Waals surface area contributed by atoms with Crippen molar-refractivity contribution >= 4 is 0 Å². The summed E-state index contributed by atoms with van der Waals surface area (Å²) in [7, 11) is 0. The molecule has 0 atom stereocenters. The van der Waals surface area contributed by atoms with E-state index < -0.39 is 0 Å². The molecule has 0 amide bonds. The molecule has 0 saturated carbocycles. The monoisotopic (exact) mass is 149 g/mol. The van der Waals surface area contributed by atoms with Gasteiger partial charge in [0, 0.05) is 2.74 Å². The molecule has 1 N–H and O–H groups in total. The fourth-order valence-corrected chi connectivity index (χ4v) is 0.825. The molecule has 0 aliphatic heterocycles. The van der Waals surface area contributed by atoms with Crippen molar-refractivity contribution in [2.24, 2.45) is 0 Å². The molecule has 0 radical (unpaired) electrons. The Morgan fingerprint density at radius 1 is 1.45 bits per heavy atom. The highest BCUT2D eigenvalue weighted by atomic mass is 16.3. The van der Waals surface area contributed by atoms with Gasteiger partial charge in [0.05, 0.1) is 11.6 Å². The second-order valence-corrected chi connectivity index (χ2v) is 2.25. The molecule has 1 rings (SSSR count). The van der Waals surface area contributed by atoms with Crippen LogP contribution in [-0.4, -0.2) is 5.11 Å². The van der Waals surface area contributed by atoms with E-state index in [-0.39, 0.29) is 19.5 Å². The number of rotatable bonds is 0. The number of aryl methyl sites for hydroxylation is 2. The van der Waals surface area contributed by atoms with Crippen molar-refractivity contribution in [2.75, 3.05) is 0 Å². The van der Waals surface area contributed by atoms with Crippen molar-refractivity contribution in [3.05, 3.63) is 28.8 Å². The van der Waals surface area contributed by atoms with Crippen LogP contribution in [-0.2, 0) is 0 Å². The molecule has 1 aromatic rings. The van der Waals surface area contributed by atoms with Gasteiger partial charge in [0.1, 0.15) is 5.75 Å². The molecular formula is C9H9NO. The van der Waals surface area contributed by atoms with Gasteiger partial charge in [0.25, 0.3) is 0 Å². The third-order valence-corrected chi connectivity index (χ3v) is 1.40. The standard InChI is InChI=1S/C9H9NO/c1-6-3-8(5-10)4-7(2)9(6)11/h3-4,11H,1-2H3/i1D,2D. The molecule has 0 spiro atoms. The van der Waals surface area contributed by atoms with Crippen LogP contribution < -0.4 is 0 Å². The summed E-state index contributed by atoms with van der Waals surface area (Å²) in [5, 5.41) is 18.1. The average Bonchev–Trinajstić information content (AvgIpc) is 2.18. The Kier molecular flexibility index (Phi) is 1.24. The lowest BCUT2D eigenvalue weighted by molar-refractivity contribution is 0.467. The van der Waals surface area contributed by atoms with Gasteiger partial charge in [-0.15, -0.1) is 0 Å². The van der Waals surface area contributed by atoms with Gasteiger partial charge in [0.2, 0.25) is 0 Å². The van der Waals surface area contributed by atoms with Gasteiger partial charge in [-0.05, 0) is 37.1 Å². The van der Waals surface area contributed by atoms with Gasteiger partial charge in [-0.2, -0.15) is 5.26 Å². The topological polar surface area (TPSA) is 44.0 Å². The lowest BCUT2D eigenvalue weighted by Gasteiger charge is -2.01. The van der Waals surface area contributed by atoms with E-state index in [9.17, 15) is 5.11 Å². The van der Waals surface area contributed by atoms with E-state index in [0.29, 0.717) is 16.7 Å². The van der Waals surface area contributed by atoms with Gasteiger partial charge in [0.15, 0.2) is 0 Å². The number of phenols is 1. The summed E-state index contributed by atoms with van der Waals surface area (Å²) < 4.78 is 14.2. The molecule has 0 aromatic heterocycles. The minimum Gasteiger partial charge on any atom is -0.507 e. The quantitative estimate of drug-likeness (QED) is 0.612. The fraction of sp³-hybridized carbons (Fsp3) is 0.222. The number of benzene rings is 1. The number of nitriles is 1. The van der Waals surface area contributed by atoms with E-state index in [2.05, 4.69) is 0 Å². The van der Waals surface area contributed by atoms with Gasteiger partial charge in [-0.3, -0.25) is 0 Å². The zero-order valence-electron chi connectivity index (χ0n) is 7.96. The first-order valence-electron chi connectivity index (χ1n) is 4.47. The molecule has 2 nitrogen and oxygen atoms in total. The molecule has 0 heterocycles. The fourth-order valence-electron chi connectivity index (χ4n) is 0.825. The van der Waals surface area contributed by atoms with Crippen LogP contribution in [0.25, 0.3) is 0 Å². The second-order valence-electron chi connectivity index (χ2n) is 2.25. The Morgan fingerprint density at radius 3 is 2.36 bits per heavy atom. The van der Waals surface area contributed by atoms with Gasteiger partial charge in [-0.25, -0.2) is 0 Å². The van der Waals surface area contributed by atoms with E-state index in [4.69, 9.17) is 8.00 Å². The lowest BCUT2D eigenvalue weighted by Crippen LogP contribution is -1.83. The number of phenolic OH excluding ortho intramolecular Hbond substituents is 1. The highest BCUT2D eigenvalue weighted by Gasteiger charge is 2.01. The van der Waals surface area contributed by atoms with E-state index >= 15 is 0 Å². The van der Waals surface area contributed by atoms with E-state index in [1.807, 2.05) is 6.07 Å². The summed E-state index contributed by atoms with van der Waals surface area (Å²) in [6.45, 7) is -0.150. The first-order valence-corrected chi connectivity index (χ1v) is 3.06. The molecular weight excluding hydrogens is 138 g/mol. The van der Waals surface area contributed by atoms with E-state index in [1.54, 1.807) is 0 Å². The van der Waals surface area contributed by atoms with Crippen molar-refractivity contribution < 1.29 is 7.85 Å². The van der Waals surface area contributed by atoms with E-state index in [1.165, 1.54) is 12.1 Å². The summed E-state index contributed by atoms with van der Waals surface area (Å²) in [5.74, 6) is -0.0241. The van der Waals surface area contributed by atoms with Crippen LogP contribution in [0.1, 0.15) is 19.4 Å². The Balaban J connectivity index is 3.30. The average molecular weight is 149 g/mol. The van der Waals surface area contributed by atoms with Crippen LogP contribution in [0.4, 0.5) is 0 Å². The maximum Gasteiger partial charge on any atom is 0.121 e. The lowest BCUT2D eigenvalue weighted by atomic mass is 10.1. The van der Waals surface area contributed by atoms with Crippen molar-refractivity contribution in [3.63, 3.8) is 0 Å². The molecule has 2 heteroatoms. The predicted molar refractivity (Wildman–Crippen MR) is 42.3 cm³/mol. The minimum atomic E-state index is -0.0750. The summed E-state index contributed by atoms with van der Waals surface area (Å²) in [4.78, 5) is 0. The first kappa shape index (κ1) is 5.20. The largest absolute Gasteiger partial charge is 0.507 e. The molecule has 0 fully saturated rings. The van der Waals surface area contributed by atoms with Crippen molar-refractivity contribution in [3.8, 4) is 11.8 Å². The minimum absolute atomic E-state index is 0.0241. The number of aromatic hydroxyl groups is 1. The summed E-state index contributed by atoms with van der Waals surface area (Å²) in [6, 6.07) is 4.87. The van der Waals surface area contributed by atoms with Crippen LogP contribution in [0.3, 0.4) is 0 Å². The number of hydrogen-bond acceptors (Lipinski definition) is 2. The zero-order chi connectivity index (χ0) is 9.84. The number of hydrogen-bond donors (Lipinski definition) is 1. The Morgan fingerprint density at radius 2 is 2.00 bits per heavy atom. The predicted octanol–water partition coefficient (Wildman–Crippen LogP) is 1.88. The highest BCUT2D eigenvalue weighted by Crippen LogP contribution is 2.22. The van der Waals surface area contributed by atoms with Gasteiger partial charge < -0.3 is 5.11 Å². The smallest absolute Gasteiger partial charge is 0.121 e. The van der Waals surface area contributed by atoms with Crippen LogP contribution >= 0.6 is 0 Å². The SMILES string of the molecule is [2H]Cc1cc(C#N)cc(C[2H])c1O. The first-order chi connectivity index (χ1) is 6.22. The molecule has 1 aromatic carbocycles. The summed E-state index contributed by atoms with van der Waals surface area (Å²) in [6.07, 6.45) is 0. The summed E-state index contributed by atoms with van der Waals surface area (Å²) >= 11 is 0. The molecule has 0 saturated heterocycles. The third-order valence-electron chi connectivity index (χ3n) is 1.40. The van der Waals surface area contributed by atoms with Crippen molar-refractivity contribution in [1.29, 1.82) is 5.26 Å². The zero-order valence-corrected chi connectivity index (χ0v) is 5.96. The van der Waals surface area contributed by atoms with Crippen LogP contribution in [0.2, 0.25) is 0 Å². The second kappa shape index (κ2) is 2.63. The highest BCUT2D eigenvalue weighted by molar-refractivity contribution is 5.45. The maximum absolute atomic E-state index is 9.46. The summed E-state index contributed by atoms with van der Waals surface area (Å²) in [5.41, 5.74) is 1.20.